The number of hydrogen-bond acceptors (Lipinski definition) is 4. The van der Waals surface area contributed by atoms with E-state index in [1.807, 2.05) is 24.3 Å². The summed E-state index contributed by atoms with van der Waals surface area (Å²) in [6.45, 7) is 0.822. The van der Waals surface area contributed by atoms with Gasteiger partial charge in [-0.3, -0.25) is 9.59 Å². The number of rotatable bonds is 6. The Balaban J connectivity index is 1.22. The van der Waals surface area contributed by atoms with Crippen LogP contribution in [0.5, 0.6) is 0 Å². The van der Waals surface area contributed by atoms with E-state index in [1.165, 1.54) is 11.1 Å². The maximum absolute atomic E-state index is 13.4. The first kappa shape index (κ1) is 23.4. The summed E-state index contributed by atoms with van der Waals surface area (Å²) in [6, 6.07) is 15.9. The number of ether oxygens (including phenoxy) is 1. The zero-order valence-corrected chi connectivity index (χ0v) is 19.8. The number of hydrogen-bond donors (Lipinski definition) is 2. The smallest absolute Gasteiger partial charge is 0.407 e. The zero-order chi connectivity index (χ0) is 24.4. The highest BCUT2D eigenvalue weighted by Gasteiger charge is 2.40. The highest BCUT2D eigenvalue weighted by molar-refractivity contribution is 5.82. The Kier molecular flexibility index (Phi) is 6.75. The lowest BCUT2D eigenvalue weighted by Crippen LogP contribution is -2.51. The molecule has 1 heterocycles. The van der Waals surface area contributed by atoms with Crippen LogP contribution in [-0.4, -0.2) is 53.2 Å². The molecule has 35 heavy (non-hydrogen) atoms. The van der Waals surface area contributed by atoms with E-state index in [4.69, 9.17) is 4.74 Å². The van der Waals surface area contributed by atoms with Crippen LogP contribution in [0.4, 0.5) is 4.79 Å². The number of fused-ring (bicyclic) bond motifs is 3. The molecule has 0 aromatic heterocycles. The SMILES string of the molecule is O=C(O)CC1CCCCN1C(=O)C1CCCC1NC(=O)OCC1c2ccccc2-c2ccccc21. The van der Waals surface area contributed by atoms with Gasteiger partial charge in [-0.25, -0.2) is 4.79 Å². The summed E-state index contributed by atoms with van der Waals surface area (Å²) in [7, 11) is 0. The number of nitrogens with one attached hydrogen (secondary N) is 1. The fourth-order valence-electron chi connectivity index (χ4n) is 6.14. The van der Waals surface area contributed by atoms with E-state index in [0.29, 0.717) is 13.0 Å². The molecule has 184 valence electrons. The van der Waals surface area contributed by atoms with E-state index < -0.39 is 12.1 Å². The Morgan fingerprint density at radius 3 is 2.29 bits per heavy atom. The number of benzene rings is 2. The van der Waals surface area contributed by atoms with E-state index in [-0.39, 0.29) is 42.9 Å². The molecule has 1 aliphatic heterocycles. The second-order valence-electron chi connectivity index (χ2n) is 9.89. The number of likely N-dealkylation sites (tertiary alicyclic amines) is 1. The van der Waals surface area contributed by atoms with Crippen molar-refractivity contribution in [2.75, 3.05) is 13.2 Å². The molecular formula is C28H32N2O5. The molecule has 7 nitrogen and oxygen atoms in total. The second kappa shape index (κ2) is 10.1. The van der Waals surface area contributed by atoms with Crippen LogP contribution in [0.3, 0.4) is 0 Å². The predicted octanol–water partition coefficient (Wildman–Crippen LogP) is 4.55. The Morgan fingerprint density at radius 1 is 0.914 bits per heavy atom. The van der Waals surface area contributed by atoms with Gasteiger partial charge in [0.05, 0.1) is 12.3 Å². The third-order valence-electron chi connectivity index (χ3n) is 7.80. The van der Waals surface area contributed by atoms with E-state index >= 15 is 0 Å². The van der Waals surface area contributed by atoms with Crippen LogP contribution in [0.15, 0.2) is 48.5 Å². The van der Waals surface area contributed by atoms with Crippen molar-refractivity contribution in [3.63, 3.8) is 0 Å². The van der Waals surface area contributed by atoms with Crippen molar-refractivity contribution in [1.82, 2.24) is 10.2 Å². The monoisotopic (exact) mass is 476 g/mol. The van der Waals surface area contributed by atoms with Gasteiger partial charge in [0.1, 0.15) is 6.61 Å². The quantitative estimate of drug-likeness (QED) is 0.638. The molecule has 2 fully saturated rings. The molecule has 2 aliphatic carbocycles. The number of amides is 2. The van der Waals surface area contributed by atoms with Crippen LogP contribution in [0.2, 0.25) is 0 Å². The second-order valence-corrected chi connectivity index (χ2v) is 9.89. The largest absolute Gasteiger partial charge is 0.481 e. The Morgan fingerprint density at radius 2 is 1.60 bits per heavy atom. The van der Waals surface area contributed by atoms with Gasteiger partial charge in [-0.1, -0.05) is 55.0 Å². The summed E-state index contributed by atoms with van der Waals surface area (Å²) < 4.78 is 5.70. The fourth-order valence-corrected chi connectivity index (χ4v) is 6.14. The molecule has 3 aliphatic rings. The number of nitrogens with zero attached hydrogens (tertiary/aromatic N) is 1. The molecule has 2 amide bonds. The van der Waals surface area contributed by atoms with Gasteiger partial charge in [-0.15, -0.1) is 0 Å². The average Bonchev–Trinajstić information content (AvgIpc) is 3.45. The van der Waals surface area contributed by atoms with Crippen LogP contribution in [0, 0.1) is 5.92 Å². The van der Waals surface area contributed by atoms with Crippen LogP contribution >= 0.6 is 0 Å². The van der Waals surface area contributed by atoms with Gasteiger partial charge in [-0.2, -0.15) is 0 Å². The Labute approximate surface area is 205 Å². The average molecular weight is 477 g/mol. The van der Waals surface area contributed by atoms with E-state index in [9.17, 15) is 19.5 Å². The lowest BCUT2D eigenvalue weighted by Gasteiger charge is -2.37. The summed E-state index contributed by atoms with van der Waals surface area (Å²) in [6.07, 6.45) is 4.28. The molecular weight excluding hydrogens is 444 g/mol. The van der Waals surface area contributed by atoms with Gasteiger partial charge in [-0.05, 0) is 54.4 Å². The number of piperidine rings is 1. The number of aliphatic carboxylic acids is 1. The first-order chi connectivity index (χ1) is 17.0. The summed E-state index contributed by atoms with van der Waals surface area (Å²) in [5.41, 5.74) is 4.67. The molecule has 1 saturated heterocycles. The number of carboxylic acids is 1. The van der Waals surface area contributed by atoms with Crippen molar-refractivity contribution in [2.45, 2.75) is 62.9 Å². The van der Waals surface area contributed by atoms with Crippen molar-refractivity contribution in [2.24, 2.45) is 5.92 Å². The number of carboxylic acid groups (broad SMARTS) is 1. The maximum atomic E-state index is 13.4. The van der Waals surface area contributed by atoms with Gasteiger partial charge in [0, 0.05) is 24.5 Å². The Bertz CT molecular complexity index is 1070. The third kappa shape index (κ3) is 4.77. The molecule has 2 aromatic carbocycles. The van der Waals surface area contributed by atoms with Crippen LogP contribution < -0.4 is 5.32 Å². The first-order valence-corrected chi connectivity index (χ1v) is 12.7. The van der Waals surface area contributed by atoms with Crippen molar-refractivity contribution < 1.29 is 24.2 Å². The first-order valence-electron chi connectivity index (χ1n) is 12.7. The van der Waals surface area contributed by atoms with Gasteiger partial charge in [0.25, 0.3) is 0 Å². The van der Waals surface area contributed by atoms with Crippen molar-refractivity contribution >= 4 is 18.0 Å². The molecule has 3 atom stereocenters. The molecule has 1 saturated carbocycles. The minimum atomic E-state index is -0.880. The summed E-state index contributed by atoms with van der Waals surface area (Å²) in [5, 5.41) is 12.2. The molecule has 3 unspecified atom stereocenters. The lowest BCUT2D eigenvalue weighted by atomic mass is 9.95. The van der Waals surface area contributed by atoms with Gasteiger partial charge < -0.3 is 20.1 Å². The van der Waals surface area contributed by atoms with Crippen molar-refractivity contribution in [3.05, 3.63) is 59.7 Å². The molecule has 5 rings (SSSR count). The zero-order valence-electron chi connectivity index (χ0n) is 19.8. The van der Waals surface area contributed by atoms with E-state index in [0.717, 1.165) is 43.2 Å². The summed E-state index contributed by atoms with van der Waals surface area (Å²) >= 11 is 0. The number of alkyl carbamates (subject to hydrolysis) is 1. The van der Waals surface area contributed by atoms with Crippen molar-refractivity contribution in [1.29, 1.82) is 0 Å². The normalized spacial score (nSPS) is 23.4. The molecule has 2 N–H and O–H groups in total. The van der Waals surface area contributed by atoms with E-state index in [2.05, 4.69) is 29.6 Å². The highest BCUT2D eigenvalue weighted by Crippen LogP contribution is 2.44. The minimum absolute atomic E-state index is 0.0146. The topological polar surface area (TPSA) is 95.9 Å². The van der Waals surface area contributed by atoms with Crippen molar-refractivity contribution in [3.8, 4) is 11.1 Å². The predicted molar refractivity (Wildman–Crippen MR) is 131 cm³/mol. The molecule has 7 heteroatoms. The third-order valence-corrected chi connectivity index (χ3v) is 7.80. The van der Waals surface area contributed by atoms with Gasteiger partial charge >= 0.3 is 12.1 Å². The van der Waals surface area contributed by atoms with Crippen LogP contribution in [0.1, 0.15) is 62.0 Å². The molecule has 2 aromatic rings. The van der Waals surface area contributed by atoms with Crippen LogP contribution in [0.25, 0.3) is 11.1 Å². The fraction of sp³-hybridized carbons (Fsp3) is 0.464. The lowest BCUT2D eigenvalue weighted by molar-refractivity contribution is -0.144. The van der Waals surface area contributed by atoms with E-state index in [1.54, 1.807) is 4.90 Å². The Hall–Kier alpha value is -3.35. The summed E-state index contributed by atoms with van der Waals surface area (Å²) in [4.78, 5) is 39.2. The molecule has 0 bridgehead atoms. The molecule has 0 spiro atoms. The van der Waals surface area contributed by atoms with Crippen LogP contribution in [-0.2, 0) is 14.3 Å². The van der Waals surface area contributed by atoms with Gasteiger partial charge in [0.2, 0.25) is 5.91 Å². The number of carbonyl (C=O) groups is 3. The maximum Gasteiger partial charge on any atom is 0.407 e. The molecule has 0 radical (unpaired) electrons. The summed E-state index contributed by atoms with van der Waals surface area (Å²) in [5.74, 6) is -1.25. The minimum Gasteiger partial charge on any atom is -0.481 e. The highest BCUT2D eigenvalue weighted by atomic mass is 16.5. The van der Waals surface area contributed by atoms with Gasteiger partial charge in [0.15, 0.2) is 0 Å². The number of carbonyl (C=O) groups excluding carboxylic acids is 2. The standard InChI is InChI=1S/C28H32N2O5/c31-26(32)16-18-8-5-6-15-30(18)27(33)23-13-7-14-25(23)29-28(34)35-17-24-21-11-3-1-9-19(21)20-10-2-4-12-22(20)24/h1-4,9-12,18,23-25H,5-8,13-17H2,(H,29,34)(H,31,32).